The summed E-state index contributed by atoms with van der Waals surface area (Å²) in [5.41, 5.74) is 0.683. The van der Waals surface area contributed by atoms with E-state index >= 15 is 0 Å². The molecular formula is C18H22N2O3. The Hall–Kier alpha value is -2.43. The largest absolute Gasteiger partial charge is 0.495 e. The van der Waals surface area contributed by atoms with Crippen LogP contribution in [0.5, 0.6) is 5.75 Å². The van der Waals surface area contributed by atoms with Gasteiger partial charge in [0.15, 0.2) is 0 Å². The van der Waals surface area contributed by atoms with Crippen LogP contribution in [0, 0.1) is 0 Å². The molecule has 5 nitrogen and oxygen atoms in total. The first kappa shape index (κ1) is 15.5. The number of furan rings is 1. The van der Waals surface area contributed by atoms with Crippen LogP contribution in [0.3, 0.4) is 0 Å². The minimum Gasteiger partial charge on any atom is -0.495 e. The van der Waals surface area contributed by atoms with Crippen molar-refractivity contribution in [1.82, 2.24) is 4.90 Å². The van der Waals surface area contributed by atoms with E-state index in [0.717, 1.165) is 38.0 Å². The van der Waals surface area contributed by atoms with Crippen molar-refractivity contribution < 1.29 is 13.9 Å². The molecule has 1 aliphatic rings. The second-order valence-corrected chi connectivity index (χ2v) is 5.70. The molecule has 1 N–H and O–H groups in total. The highest BCUT2D eigenvalue weighted by Crippen LogP contribution is 2.32. The van der Waals surface area contributed by atoms with Crippen LogP contribution in [0.15, 0.2) is 47.1 Å². The first-order valence-corrected chi connectivity index (χ1v) is 8.03. The van der Waals surface area contributed by atoms with Gasteiger partial charge < -0.3 is 19.4 Å². The molecule has 2 aromatic rings. The number of hydrogen-bond acceptors (Lipinski definition) is 3. The lowest BCUT2D eigenvalue weighted by molar-refractivity contribution is 0.179. The van der Waals surface area contributed by atoms with Crippen molar-refractivity contribution in [3.05, 3.63) is 48.4 Å². The molecular weight excluding hydrogens is 292 g/mol. The molecule has 0 aliphatic carbocycles. The van der Waals surface area contributed by atoms with Gasteiger partial charge in [0.05, 0.1) is 25.1 Å². The number of para-hydroxylation sites is 2. The number of rotatable bonds is 3. The number of carbonyl (C=O) groups is 1. The van der Waals surface area contributed by atoms with Crippen molar-refractivity contribution >= 4 is 11.7 Å². The zero-order valence-corrected chi connectivity index (χ0v) is 13.3. The number of nitrogens with zero attached hydrogens (tertiary/aromatic N) is 1. The maximum Gasteiger partial charge on any atom is 0.322 e. The number of carbonyl (C=O) groups excluding carboxylic acids is 1. The lowest BCUT2D eigenvalue weighted by atomic mass is 10.1. The van der Waals surface area contributed by atoms with Crippen molar-refractivity contribution in [2.24, 2.45) is 0 Å². The Balaban J connectivity index is 1.80. The van der Waals surface area contributed by atoms with E-state index in [-0.39, 0.29) is 12.1 Å². The molecule has 1 aromatic heterocycles. The summed E-state index contributed by atoms with van der Waals surface area (Å²) in [5.74, 6) is 1.51. The molecule has 23 heavy (non-hydrogen) atoms. The normalized spacial score (nSPS) is 18.3. The molecule has 3 rings (SSSR count). The smallest absolute Gasteiger partial charge is 0.322 e. The van der Waals surface area contributed by atoms with Gasteiger partial charge in [0.25, 0.3) is 0 Å². The maximum absolute atomic E-state index is 12.8. The van der Waals surface area contributed by atoms with Gasteiger partial charge in [-0.1, -0.05) is 25.0 Å². The van der Waals surface area contributed by atoms with Crippen LogP contribution in [-0.2, 0) is 0 Å². The molecule has 122 valence electrons. The van der Waals surface area contributed by atoms with E-state index in [0.29, 0.717) is 11.4 Å². The predicted octanol–water partition coefficient (Wildman–Crippen LogP) is 4.44. The topological polar surface area (TPSA) is 54.7 Å². The van der Waals surface area contributed by atoms with Gasteiger partial charge in [-0.3, -0.25) is 0 Å². The number of benzene rings is 1. The summed E-state index contributed by atoms with van der Waals surface area (Å²) >= 11 is 0. The monoisotopic (exact) mass is 314 g/mol. The molecule has 2 heterocycles. The van der Waals surface area contributed by atoms with Crippen LogP contribution in [-0.4, -0.2) is 24.6 Å². The minimum atomic E-state index is -0.113. The molecule has 1 aliphatic heterocycles. The Morgan fingerprint density at radius 1 is 1.22 bits per heavy atom. The summed E-state index contributed by atoms with van der Waals surface area (Å²) in [6.07, 6.45) is 5.83. The number of amides is 2. The number of methoxy groups -OCH3 is 1. The molecule has 0 saturated carbocycles. The van der Waals surface area contributed by atoms with E-state index in [1.165, 1.54) is 0 Å². The molecule has 1 aromatic carbocycles. The van der Waals surface area contributed by atoms with Gasteiger partial charge >= 0.3 is 6.03 Å². The molecule has 0 bridgehead atoms. The van der Waals surface area contributed by atoms with Crippen LogP contribution < -0.4 is 10.1 Å². The van der Waals surface area contributed by atoms with Crippen molar-refractivity contribution in [3.63, 3.8) is 0 Å². The average molecular weight is 314 g/mol. The standard InChI is InChI=1S/C18H22N2O3/c1-22-16-10-5-4-8-14(16)19-18(21)20-12-6-2-3-9-15(20)17-11-7-13-23-17/h4-5,7-8,10-11,13,15H,2-3,6,9,12H2,1H3,(H,19,21)/t15-/m1/s1. The van der Waals surface area contributed by atoms with Crippen LogP contribution in [0.4, 0.5) is 10.5 Å². The highest BCUT2D eigenvalue weighted by atomic mass is 16.5. The number of urea groups is 1. The van der Waals surface area contributed by atoms with Crippen LogP contribution >= 0.6 is 0 Å². The number of likely N-dealkylation sites (tertiary alicyclic amines) is 1. The summed E-state index contributed by atoms with van der Waals surface area (Å²) in [5, 5.41) is 2.97. The molecule has 1 atom stereocenters. The molecule has 2 amide bonds. The summed E-state index contributed by atoms with van der Waals surface area (Å²) in [6, 6.07) is 11.1. The van der Waals surface area contributed by atoms with Crippen molar-refractivity contribution in [1.29, 1.82) is 0 Å². The van der Waals surface area contributed by atoms with Gasteiger partial charge in [-0.15, -0.1) is 0 Å². The molecule has 5 heteroatoms. The third kappa shape index (κ3) is 3.50. The first-order chi connectivity index (χ1) is 11.3. The highest BCUT2D eigenvalue weighted by Gasteiger charge is 2.29. The summed E-state index contributed by atoms with van der Waals surface area (Å²) in [6.45, 7) is 0.729. The Morgan fingerprint density at radius 2 is 2.09 bits per heavy atom. The zero-order valence-electron chi connectivity index (χ0n) is 13.3. The molecule has 1 saturated heterocycles. The predicted molar refractivity (Wildman–Crippen MR) is 88.6 cm³/mol. The van der Waals surface area contributed by atoms with Gasteiger partial charge in [0.2, 0.25) is 0 Å². The summed E-state index contributed by atoms with van der Waals surface area (Å²) < 4.78 is 10.9. The molecule has 0 radical (unpaired) electrons. The van der Waals surface area contributed by atoms with E-state index in [4.69, 9.17) is 9.15 Å². The van der Waals surface area contributed by atoms with Gasteiger partial charge in [-0.05, 0) is 37.1 Å². The fourth-order valence-electron chi connectivity index (χ4n) is 3.06. The van der Waals surface area contributed by atoms with E-state index < -0.39 is 0 Å². The van der Waals surface area contributed by atoms with Gasteiger partial charge in [-0.2, -0.15) is 0 Å². The summed E-state index contributed by atoms with van der Waals surface area (Å²) in [7, 11) is 1.60. The minimum absolute atomic E-state index is 0.0118. The van der Waals surface area contributed by atoms with Crippen molar-refractivity contribution in [2.75, 3.05) is 19.0 Å². The second kappa shape index (κ2) is 7.22. The van der Waals surface area contributed by atoms with Crippen molar-refractivity contribution in [2.45, 2.75) is 31.7 Å². The lowest BCUT2D eigenvalue weighted by Gasteiger charge is -2.29. The van der Waals surface area contributed by atoms with Crippen molar-refractivity contribution in [3.8, 4) is 5.75 Å². The lowest BCUT2D eigenvalue weighted by Crippen LogP contribution is -2.38. The quantitative estimate of drug-likeness (QED) is 0.911. The number of ether oxygens (including phenoxy) is 1. The molecule has 0 unspecified atom stereocenters. The average Bonchev–Trinajstić information content (AvgIpc) is 2.99. The van der Waals surface area contributed by atoms with E-state index in [9.17, 15) is 4.79 Å². The number of hydrogen-bond donors (Lipinski definition) is 1. The molecule has 0 spiro atoms. The fraction of sp³-hybridized carbons (Fsp3) is 0.389. The maximum atomic E-state index is 12.8. The Kier molecular flexibility index (Phi) is 4.86. The Morgan fingerprint density at radius 3 is 2.87 bits per heavy atom. The van der Waals surface area contributed by atoms with Gasteiger partial charge in [0, 0.05) is 6.54 Å². The third-order valence-electron chi connectivity index (χ3n) is 4.23. The number of anilines is 1. The van der Waals surface area contributed by atoms with Gasteiger partial charge in [-0.25, -0.2) is 4.79 Å². The van der Waals surface area contributed by atoms with E-state index in [1.807, 2.05) is 41.3 Å². The van der Waals surface area contributed by atoms with E-state index in [2.05, 4.69) is 5.32 Å². The second-order valence-electron chi connectivity index (χ2n) is 5.70. The van der Waals surface area contributed by atoms with Crippen LogP contribution in [0.2, 0.25) is 0 Å². The van der Waals surface area contributed by atoms with E-state index in [1.54, 1.807) is 13.4 Å². The molecule has 1 fully saturated rings. The third-order valence-corrected chi connectivity index (χ3v) is 4.23. The SMILES string of the molecule is COc1ccccc1NC(=O)N1CCCCC[C@@H]1c1ccco1. The number of nitrogens with one attached hydrogen (secondary N) is 1. The highest BCUT2D eigenvalue weighted by molar-refractivity contribution is 5.91. The fourth-order valence-corrected chi connectivity index (χ4v) is 3.06. The van der Waals surface area contributed by atoms with Crippen LogP contribution in [0.25, 0.3) is 0 Å². The Labute approximate surface area is 136 Å². The van der Waals surface area contributed by atoms with Gasteiger partial charge in [0.1, 0.15) is 11.5 Å². The first-order valence-electron chi connectivity index (χ1n) is 8.03. The Bertz CT molecular complexity index is 639. The zero-order chi connectivity index (χ0) is 16.1. The summed E-state index contributed by atoms with van der Waals surface area (Å²) in [4.78, 5) is 14.7. The van der Waals surface area contributed by atoms with Crippen LogP contribution in [0.1, 0.15) is 37.5 Å².